The van der Waals surface area contributed by atoms with Gasteiger partial charge in [-0.2, -0.15) is 5.10 Å². The monoisotopic (exact) mass is 210 g/mol. The zero-order valence-electron chi connectivity index (χ0n) is 8.82. The lowest BCUT2D eigenvalue weighted by molar-refractivity contribution is 0.857. The van der Waals surface area contributed by atoms with Gasteiger partial charge in [0.25, 0.3) is 0 Å². The summed E-state index contributed by atoms with van der Waals surface area (Å²) in [6.07, 6.45) is 7.47. The van der Waals surface area contributed by atoms with Crippen LogP contribution in [0.15, 0.2) is 17.6 Å². The Kier molecular flexibility index (Phi) is 7.09. The van der Waals surface area contributed by atoms with Crippen LogP contribution in [-0.2, 0) is 0 Å². The molecule has 84 valence electrons. The van der Waals surface area contributed by atoms with Crippen molar-refractivity contribution < 1.29 is 0 Å². The van der Waals surface area contributed by atoms with Crippen molar-refractivity contribution in [3.8, 4) is 0 Å². The maximum atomic E-state index is 3.85. The summed E-state index contributed by atoms with van der Waals surface area (Å²) in [5.74, 6) is 0. The van der Waals surface area contributed by atoms with E-state index in [0.29, 0.717) is 0 Å². The van der Waals surface area contributed by atoms with Crippen molar-refractivity contribution in [3.63, 3.8) is 0 Å². The van der Waals surface area contributed by atoms with Crippen LogP contribution in [0.4, 0.5) is 0 Å². The van der Waals surface area contributed by atoms with E-state index in [0.717, 1.165) is 13.1 Å². The topological polar surface area (TPSA) is 78.0 Å². The number of aliphatic imine (C=N–C) groups is 1. The van der Waals surface area contributed by atoms with Crippen molar-refractivity contribution >= 4 is 6.34 Å². The molecular weight excluding hydrogens is 192 g/mol. The third-order valence-corrected chi connectivity index (χ3v) is 1.86. The van der Waals surface area contributed by atoms with Gasteiger partial charge in [0, 0.05) is 6.54 Å². The zero-order valence-corrected chi connectivity index (χ0v) is 8.82. The van der Waals surface area contributed by atoms with E-state index in [2.05, 4.69) is 30.8 Å². The maximum absolute atomic E-state index is 3.85. The van der Waals surface area contributed by atoms with Crippen LogP contribution in [0, 0.1) is 0 Å². The van der Waals surface area contributed by atoms with Crippen LogP contribution in [0.25, 0.3) is 0 Å². The van der Waals surface area contributed by atoms with Crippen molar-refractivity contribution in [2.45, 2.75) is 12.8 Å². The van der Waals surface area contributed by atoms with Crippen molar-refractivity contribution in [1.82, 2.24) is 25.8 Å². The molecule has 0 bridgehead atoms. The zero-order chi connectivity index (χ0) is 10.6. The van der Waals surface area contributed by atoms with E-state index in [-0.39, 0.29) is 0 Å². The Morgan fingerprint density at radius 1 is 1.07 bits per heavy atom. The molecule has 0 radical (unpaired) electrons. The highest BCUT2D eigenvalue weighted by Crippen LogP contribution is 1.90. The van der Waals surface area contributed by atoms with E-state index in [4.69, 9.17) is 0 Å². The molecule has 1 fully saturated rings. The van der Waals surface area contributed by atoms with Crippen LogP contribution in [0.1, 0.15) is 12.8 Å². The molecule has 3 heterocycles. The summed E-state index contributed by atoms with van der Waals surface area (Å²) in [6, 6.07) is 0. The van der Waals surface area contributed by atoms with Crippen molar-refractivity contribution in [2.75, 3.05) is 26.2 Å². The molecule has 1 saturated heterocycles. The predicted octanol–water partition coefficient (Wildman–Crippen LogP) is -0.208. The average Bonchev–Trinajstić information content (AvgIpc) is 3.09. The van der Waals surface area contributed by atoms with Crippen LogP contribution >= 0.6 is 0 Å². The fourth-order valence-electron chi connectivity index (χ4n) is 1.11. The summed E-state index contributed by atoms with van der Waals surface area (Å²) in [5, 5.41) is 12.1. The summed E-state index contributed by atoms with van der Waals surface area (Å²) in [6.45, 7) is 4.49. The molecule has 6 nitrogen and oxygen atoms in total. The Morgan fingerprint density at radius 2 is 1.93 bits per heavy atom. The second kappa shape index (κ2) is 9.14. The van der Waals surface area contributed by atoms with Gasteiger partial charge in [-0.15, -0.1) is 0 Å². The molecular formula is C9H18N6. The lowest BCUT2D eigenvalue weighted by atomic mass is 10.4. The summed E-state index contributed by atoms with van der Waals surface area (Å²) >= 11 is 0. The van der Waals surface area contributed by atoms with Crippen molar-refractivity contribution in [1.29, 1.82) is 0 Å². The number of hydrogen-bond donors (Lipinski definition) is 3. The third kappa shape index (κ3) is 7.63. The van der Waals surface area contributed by atoms with Gasteiger partial charge in [0.2, 0.25) is 0 Å². The molecule has 0 spiro atoms. The van der Waals surface area contributed by atoms with Crippen LogP contribution < -0.4 is 10.6 Å². The Hall–Kier alpha value is -1.43. The van der Waals surface area contributed by atoms with Crippen LogP contribution in [0.3, 0.4) is 0 Å². The summed E-state index contributed by atoms with van der Waals surface area (Å²) < 4.78 is 0. The van der Waals surface area contributed by atoms with Gasteiger partial charge in [-0.05, 0) is 25.9 Å². The van der Waals surface area contributed by atoms with Gasteiger partial charge < -0.3 is 10.6 Å². The highest BCUT2D eigenvalue weighted by Gasteiger charge is 1.93. The first-order valence-electron chi connectivity index (χ1n) is 5.21. The van der Waals surface area contributed by atoms with Gasteiger partial charge in [-0.3, -0.25) is 10.1 Å². The van der Waals surface area contributed by atoms with E-state index >= 15 is 0 Å². The molecule has 1 aromatic rings. The molecule has 0 aromatic carbocycles. The molecule has 6 heteroatoms. The number of rotatable bonds is 0. The van der Waals surface area contributed by atoms with E-state index in [9.17, 15) is 0 Å². The van der Waals surface area contributed by atoms with Crippen molar-refractivity contribution in [2.24, 2.45) is 4.99 Å². The average molecular weight is 210 g/mol. The fraction of sp³-hybridized carbons (Fsp3) is 0.667. The second-order valence-corrected chi connectivity index (χ2v) is 3.10. The molecule has 2 aliphatic heterocycles. The standard InChI is InChI=1S/C4H9N.C3H6N2.C2H3N3/c1-2-4-5-3-1;1-2-5-3-4-1;1-3-2-5-4-1/h5H,1-4H2;3H,1-2H2,(H,4,5);1-2H,(H,3,4,5). The van der Waals surface area contributed by atoms with E-state index in [1.54, 1.807) is 6.34 Å². The lowest BCUT2D eigenvalue weighted by Gasteiger charge is -1.76. The number of hydrogen-bond acceptors (Lipinski definition) is 5. The fourth-order valence-corrected chi connectivity index (χ4v) is 1.11. The second-order valence-electron chi connectivity index (χ2n) is 3.10. The van der Waals surface area contributed by atoms with E-state index in [1.807, 2.05) is 0 Å². The van der Waals surface area contributed by atoms with E-state index < -0.39 is 0 Å². The Balaban J connectivity index is 0.000000112. The molecule has 0 saturated carbocycles. The molecule has 2 aliphatic rings. The molecule has 15 heavy (non-hydrogen) atoms. The van der Waals surface area contributed by atoms with Crippen LogP contribution in [-0.4, -0.2) is 47.7 Å². The minimum absolute atomic E-state index is 0.958. The molecule has 3 rings (SSSR count). The van der Waals surface area contributed by atoms with Gasteiger partial charge in [-0.1, -0.05) is 0 Å². The Morgan fingerprint density at radius 3 is 2.13 bits per heavy atom. The molecule has 0 aliphatic carbocycles. The minimum atomic E-state index is 0.958. The van der Waals surface area contributed by atoms with Gasteiger partial charge in [0.1, 0.15) is 12.7 Å². The Bertz CT molecular complexity index is 198. The number of aromatic amines is 1. The van der Waals surface area contributed by atoms with Gasteiger partial charge in [-0.25, -0.2) is 4.98 Å². The Labute approximate surface area is 89.6 Å². The predicted molar refractivity (Wildman–Crippen MR) is 59.8 cm³/mol. The molecule has 0 atom stereocenters. The molecule has 3 N–H and O–H groups in total. The molecule has 1 aromatic heterocycles. The SMILES string of the molecule is C1=NCCN1.C1CCNC1.c1nc[nH]n1. The molecule has 0 unspecified atom stereocenters. The summed E-state index contributed by atoms with van der Waals surface area (Å²) in [5.41, 5.74) is 0. The maximum Gasteiger partial charge on any atom is 0.137 e. The lowest BCUT2D eigenvalue weighted by Crippen LogP contribution is -2.04. The largest absolute Gasteiger partial charge is 0.375 e. The quantitative estimate of drug-likeness (QED) is 0.554. The van der Waals surface area contributed by atoms with Crippen LogP contribution in [0.5, 0.6) is 0 Å². The smallest absolute Gasteiger partial charge is 0.137 e. The third-order valence-electron chi connectivity index (χ3n) is 1.86. The van der Waals surface area contributed by atoms with Crippen LogP contribution in [0.2, 0.25) is 0 Å². The highest BCUT2D eigenvalue weighted by atomic mass is 15.2. The van der Waals surface area contributed by atoms with Gasteiger partial charge in [0.15, 0.2) is 0 Å². The number of H-pyrrole nitrogens is 1. The first-order chi connectivity index (χ1) is 7.50. The van der Waals surface area contributed by atoms with Crippen molar-refractivity contribution in [3.05, 3.63) is 12.7 Å². The first-order valence-corrected chi connectivity index (χ1v) is 5.21. The number of nitrogens with zero attached hydrogens (tertiary/aromatic N) is 3. The normalized spacial score (nSPS) is 17.1. The summed E-state index contributed by atoms with van der Waals surface area (Å²) in [7, 11) is 0. The van der Waals surface area contributed by atoms with Gasteiger partial charge in [0.05, 0.1) is 12.9 Å². The number of aromatic nitrogens is 3. The molecule has 0 amide bonds. The highest BCUT2D eigenvalue weighted by molar-refractivity contribution is 5.56. The van der Waals surface area contributed by atoms with Gasteiger partial charge >= 0.3 is 0 Å². The minimum Gasteiger partial charge on any atom is -0.375 e. The number of nitrogens with one attached hydrogen (secondary N) is 3. The summed E-state index contributed by atoms with van der Waals surface area (Å²) in [4.78, 5) is 7.40. The first kappa shape index (κ1) is 11.6. The van der Waals surface area contributed by atoms with E-state index in [1.165, 1.54) is 38.6 Å².